The molecule has 2 aliphatic rings. The summed E-state index contributed by atoms with van der Waals surface area (Å²) in [7, 11) is 0. The lowest BCUT2D eigenvalue weighted by Crippen LogP contribution is -3.28. The zero-order valence-electron chi connectivity index (χ0n) is 17.1. The van der Waals surface area contributed by atoms with Crippen LogP contribution in [0.1, 0.15) is 24.0 Å². The molecule has 0 radical (unpaired) electrons. The number of ether oxygens (including phenoxy) is 1. The molecule has 4 N–H and O–H groups in total. The van der Waals surface area contributed by atoms with Crippen LogP contribution in [-0.2, 0) is 14.3 Å². The third-order valence-electron chi connectivity index (χ3n) is 5.91. The van der Waals surface area contributed by atoms with Crippen molar-refractivity contribution in [1.29, 1.82) is 0 Å². The summed E-state index contributed by atoms with van der Waals surface area (Å²) in [4.78, 5) is 27.1. The standard InChI is InChI=1S/C21H32N4O3/c1-16-5-3-7-19(17(16)2)23-21(27)15-25-10-8-24(9-11-25)14-20(26)22-13-18-6-4-12-28-18/h3,5,7,18H,4,6,8-15H2,1-2H3,(H,22,26)(H,23,27)/p+2/t18-/m0/s1. The molecule has 2 fully saturated rings. The van der Waals surface area contributed by atoms with E-state index in [2.05, 4.69) is 23.6 Å². The van der Waals surface area contributed by atoms with E-state index >= 15 is 0 Å². The molecule has 1 aromatic rings. The van der Waals surface area contributed by atoms with Gasteiger partial charge in [0, 0.05) is 18.8 Å². The van der Waals surface area contributed by atoms with Gasteiger partial charge in [0.25, 0.3) is 11.8 Å². The fourth-order valence-corrected chi connectivity index (χ4v) is 3.94. The van der Waals surface area contributed by atoms with Crippen LogP contribution in [0, 0.1) is 13.8 Å². The van der Waals surface area contributed by atoms with E-state index in [0.717, 1.165) is 56.9 Å². The van der Waals surface area contributed by atoms with E-state index in [9.17, 15) is 9.59 Å². The predicted molar refractivity (Wildman–Crippen MR) is 108 cm³/mol. The molecular weight excluding hydrogens is 356 g/mol. The summed E-state index contributed by atoms with van der Waals surface area (Å²) in [5.41, 5.74) is 3.20. The Morgan fingerprint density at radius 3 is 2.39 bits per heavy atom. The summed E-state index contributed by atoms with van der Waals surface area (Å²) in [6.07, 6.45) is 2.32. The molecule has 0 aliphatic carbocycles. The van der Waals surface area contributed by atoms with Crippen LogP contribution in [0.3, 0.4) is 0 Å². The Bertz CT molecular complexity index is 680. The molecule has 0 unspecified atom stereocenters. The monoisotopic (exact) mass is 390 g/mol. The van der Waals surface area contributed by atoms with E-state index in [4.69, 9.17) is 4.74 Å². The molecule has 28 heavy (non-hydrogen) atoms. The number of nitrogens with one attached hydrogen (secondary N) is 4. The van der Waals surface area contributed by atoms with Crippen molar-refractivity contribution in [1.82, 2.24) is 5.32 Å². The van der Waals surface area contributed by atoms with Gasteiger partial charge in [0.15, 0.2) is 13.1 Å². The molecule has 2 heterocycles. The second-order valence-electron chi connectivity index (χ2n) is 8.09. The topological polar surface area (TPSA) is 76.3 Å². The third kappa shape index (κ3) is 6.02. The first-order chi connectivity index (χ1) is 13.5. The van der Waals surface area contributed by atoms with Crippen molar-refractivity contribution in [2.75, 3.05) is 57.7 Å². The number of hydrogen-bond donors (Lipinski definition) is 4. The van der Waals surface area contributed by atoms with Crippen LogP contribution in [0.25, 0.3) is 0 Å². The molecule has 7 heteroatoms. The third-order valence-corrected chi connectivity index (χ3v) is 5.91. The summed E-state index contributed by atoms with van der Waals surface area (Å²) in [6.45, 7) is 10.2. The van der Waals surface area contributed by atoms with Crippen molar-refractivity contribution in [3.05, 3.63) is 29.3 Å². The van der Waals surface area contributed by atoms with Gasteiger partial charge < -0.3 is 25.2 Å². The highest BCUT2D eigenvalue weighted by Crippen LogP contribution is 2.17. The van der Waals surface area contributed by atoms with Crippen LogP contribution in [0.5, 0.6) is 0 Å². The lowest BCUT2D eigenvalue weighted by Gasteiger charge is -2.29. The molecule has 2 amide bonds. The Kier molecular flexibility index (Phi) is 7.42. The average molecular weight is 391 g/mol. The summed E-state index contributed by atoms with van der Waals surface area (Å²) >= 11 is 0. The highest BCUT2D eigenvalue weighted by atomic mass is 16.5. The summed E-state index contributed by atoms with van der Waals surface area (Å²) < 4.78 is 5.54. The molecule has 0 bridgehead atoms. The van der Waals surface area contributed by atoms with Crippen molar-refractivity contribution in [3.8, 4) is 0 Å². The number of anilines is 1. The lowest BCUT2D eigenvalue weighted by atomic mass is 10.1. The number of carbonyl (C=O) groups is 2. The Morgan fingerprint density at radius 1 is 1.07 bits per heavy atom. The zero-order chi connectivity index (χ0) is 19.9. The van der Waals surface area contributed by atoms with E-state index in [-0.39, 0.29) is 17.9 Å². The van der Waals surface area contributed by atoms with Crippen molar-refractivity contribution >= 4 is 17.5 Å². The van der Waals surface area contributed by atoms with Crippen LogP contribution >= 0.6 is 0 Å². The minimum absolute atomic E-state index is 0.0569. The first-order valence-corrected chi connectivity index (χ1v) is 10.4. The summed E-state index contributed by atoms with van der Waals surface area (Å²) in [5, 5.41) is 6.04. The molecule has 1 aromatic carbocycles. The first-order valence-electron chi connectivity index (χ1n) is 10.4. The van der Waals surface area contributed by atoms with Gasteiger partial charge in [0.2, 0.25) is 0 Å². The zero-order valence-corrected chi connectivity index (χ0v) is 17.1. The molecule has 7 nitrogen and oxygen atoms in total. The number of aryl methyl sites for hydroxylation is 1. The molecule has 0 aromatic heterocycles. The van der Waals surface area contributed by atoms with Crippen molar-refractivity contribution in [2.24, 2.45) is 0 Å². The van der Waals surface area contributed by atoms with Gasteiger partial charge in [0.05, 0.1) is 6.10 Å². The maximum absolute atomic E-state index is 12.4. The van der Waals surface area contributed by atoms with Crippen molar-refractivity contribution in [2.45, 2.75) is 32.8 Å². The van der Waals surface area contributed by atoms with Crippen LogP contribution in [0.2, 0.25) is 0 Å². The number of hydrogen-bond acceptors (Lipinski definition) is 3. The van der Waals surface area contributed by atoms with Gasteiger partial charge in [-0.1, -0.05) is 12.1 Å². The van der Waals surface area contributed by atoms with E-state index in [1.165, 1.54) is 15.4 Å². The molecular formula is C21H34N4O3+2. The van der Waals surface area contributed by atoms with Gasteiger partial charge in [-0.25, -0.2) is 0 Å². The van der Waals surface area contributed by atoms with Gasteiger partial charge >= 0.3 is 0 Å². The molecule has 2 aliphatic heterocycles. The normalized spacial score (nSPS) is 24.7. The number of quaternary nitrogens is 2. The van der Waals surface area contributed by atoms with E-state index < -0.39 is 0 Å². The fraction of sp³-hybridized carbons (Fsp3) is 0.619. The van der Waals surface area contributed by atoms with Crippen LogP contribution in [0.4, 0.5) is 5.69 Å². The maximum Gasteiger partial charge on any atom is 0.279 e. The summed E-state index contributed by atoms with van der Waals surface area (Å²) in [5.74, 6) is 0.156. The Labute approximate surface area is 167 Å². The number of amides is 2. The van der Waals surface area contributed by atoms with E-state index in [1.54, 1.807) is 0 Å². The average Bonchev–Trinajstić information content (AvgIpc) is 3.19. The van der Waals surface area contributed by atoms with Gasteiger partial charge in [-0.3, -0.25) is 9.59 Å². The minimum Gasteiger partial charge on any atom is -0.376 e. The molecule has 1 atom stereocenters. The Hall–Kier alpha value is -1.96. The second-order valence-corrected chi connectivity index (χ2v) is 8.09. The number of piperazine rings is 1. The van der Waals surface area contributed by atoms with Gasteiger partial charge in [-0.2, -0.15) is 0 Å². The van der Waals surface area contributed by atoms with Crippen LogP contribution in [-0.4, -0.2) is 70.3 Å². The molecule has 3 rings (SSSR count). The van der Waals surface area contributed by atoms with Crippen molar-refractivity contribution < 1.29 is 24.1 Å². The highest BCUT2D eigenvalue weighted by molar-refractivity contribution is 5.92. The number of carbonyl (C=O) groups excluding carboxylic acids is 2. The largest absolute Gasteiger partial charge is 0.376 e. The number of rotatable bonds is 7. The number of benzene rings is 1. The highest BCUT2D eigenvalue weighted by Gasteiger charge is 2.27. The first kappa shape index (κ1) is 20.8. The Morgan fingerprint density at radius 2 is 1.75 bits per heavy atom. The molecule has 0 saturated carbocycles. The van der Waals surface area contributed by atoms with Crippen molar-refractivity contribution in [3.63, 3.8) is 0 Å². The summed E-state index contributed by atoms with van der Waals surface area (Å²) in [6, 6.07) is 5.97. The molecule has 2 saturated heterocycles. The Balaban J connectivity index is 1.34. The molecule has 0 spiro atoms. The lowest BCUT2D eigenvalue weighted by molar-refractivity contribution is -1.00. The van der Waals surface area contributed by atoms with E-state index in [0.29, 0.717) is 19.6 Å². The molecule has 154 valence electrons. The maximum atomic E-state index is 12.4. The smallest absolute Gasteiger partial charge is 0.279 e. The van der Waals surface area contributed by atoms with Gasteiger partial charge in [-0.15, -0.1) is 0 Å². The SMILES string of the molecule is Cc1cccc(NC(=O)C[NH+]2CC[NH+](CC(=O)NC[C@@H]3CCCO3)CC2)c1C. The second kappa shape index (κ2) is 10.0. The predicted octanol–water partition coefficient (Wildman–Crippen LogP) is -1.68. The quantitative estimate of drug-likeness (QED) is 0.449. The van der Waals surface area contributed by atoms with Gasteiger partial charge in [0.1, 0.15) is 26.2 Å². The van der Waals surface area contributed by atoms with Crippen LogP contribution in [0.15, 0.2) is 18.2 Å². The van der Waals surface area contributed by atoms with E-state index in [1.807, 2.05) is 19.1 Å². The van der Waals surface area contributed by atoms with Gasteiger partial charge in [-0.05, 0) is 43.9 Å². The fourth-order valence-electron chi connectivity index (χ4n) is 3.94. The minimum atomic E-state index is 0.0569. The van der Waals surface area contributed by atoms with Crippen LogP contribution < -0.4 is 20.4 Å².